The molecule has 0 bridgehead atoms. The van der Waals surface area contributed by atoms with E-state index in [-0.39, 0.29) is 0 Å². The fraction of sp³-hybridized carbons (Fsp3) is 0.167. The molecule has 0 fully saturated rings. The molecule has 4 nitrogen and oxygen atoms in total. The molecule has 0 aromatic heterocycles. The molecule has 1 heterocycles. The summed E-state index contributed by atoms with van der Waals surface area (Å²) >= 11 is 5.93. The van der Waals surface area contributed by atoms with E-state index in [2.05, 4.69) is 0 Å². The maximum Gasteiger partial charge on any atom is 0.175 e. The number of ether oxygens (including phenoxy) is 3. The quantitative estimate of drug-likeness (QED) is 0.565. The largest absolute Gasteiger partial charge is 0.488 e. The Balaban J connectivity index is 1.55. The third-order valence-corrected chi connectivity index (χ3v) is 5.06. The second-order valence-corrected chi connectivity index (χ2v) is 7.30. The first kappa shape index (κ1) is 19.4. The van der Waals surface area contributed by atoms with E-state index < -0.39 is 6.10 Å². The van der Waals surface area contributed by atoms with Gasteiger partial charge in [0, 0.05) is 16.1 Å². The van der Waals surface area contributed by atoms with Crippen LogP contribution in [0.2, 0.25) is 5.02 Å². The predicted molar refractivity (Wildman–Crippen MR) is 112 cm³/mol. The Kier molecular flexibility index (Phi) is 5.47. The normalized spacial score (nSPS) is 15.5. The molecule has 4 rings (SSSR count). The van der Waals surface area contributed by atoms with Gasteiger partial charge in [-0.15, -0.1) is 0 Å². The van der Waals surface area contributed by atoms with Crippen LogP contribution in [0.3, 0.4) is 0 Å². The Hall–Kier alpha value is -2.95. The second kappa shape index (κ2) is 8.19. The standard InChI is InChI=1S/C24H21ClO4/c1-15-21(27-14-17-8-10-18(25)11-9-17)13-12-20-22(26)24(16(2)28-23(15)20)29-19-6-4-3-5-7-19/h3-13,22,26H,14H2,1-2H3. The molecular formula is C24H21ClO4. The Bertz CT molecular complexity index is 1040. The molecule has 0 saturated heterocycles. The molecule has 5 heteroatoms. The van der Waals surface area contributed by atoms with Crippen LogP contribution in [0.5, 0.6) is 17.2 Å². The van der Waals surface area contributed by atoms with E-state index in [0.29, 0.717) is 46.0 Å². The van der Waals surface area contributed by atoms with Crippen molar-refractivity contribution in [2.24, 2.45) is 0 Å². The Morgan fingerprint density at radius 1 is 0.966 bits per heavy atom. The molecule has 0 spiro atoms. The van der Waals surface area contributed by atoms with Gasteiger partial charge in [0.2, 0.25) is 0 Å². The van der Waals surface area contributed by atoms with Gasteiger partial charge in [0.1, 0.15) is 35.7 Å². The first-order chi connectivity index (χ1) is 14.0. The molecule has 0 amide bonds. The van der Waals surface area contributed by atoms with Crippen LogP contribution in [-0.2, 0) is 6.61 Å². The van der Waals surface area contributed by atoms with Crippen molar-refractivity contribution in [1.29, 1.82) is 0 Å². The first-order valence-electron chi connectivity index (χ1n) is 9.33. The molecule has 1 N–H and O–H groups in total. The van der Waals surface area contributed by atoms with Crippen molar-refractivity contribution >= 4 is 11.6 Å². The predicted octanol–water partition coefficient (Wildman–Crippen LogP) is 5.96. The number of hydrogen-bond donors (Lipinski definition) is 1. The lowest BCUT2D eigenvalue weighted by Crippen LogP contribution is -2.19. The van der Waals surface area contributed by atoms with Gasteiger partial charge < -0.3 is 19.3 Å². The zero-order valence-corrected chi connectivity index (χ0v) is 16.9. The summed E-state index contributed by atoms with van der Waals surface area (Å²) in [6, 6.07) is 20.5. The van der Waals surface area contributed by atoms with Crippen LogP contribution in [0.1, 0.15) is 29.7 Å². The van der Waals surface area contributed by atoms with E-state index in [1.54, 1.807) is 6.92 Å². The van der Waals surface area contributed by atoms with Gasteiger partial charge in [-0.2, -0.15) is 0 Å². The van der Waals surface area contributed by atoms with Gasteiger partial charge in [0.05, 0.1) is 0 Å². The maximum atomic E-state index is 10.9. The highest BCUT2D eigenvalue weighted by Crippen LogP contribution is 2.43. The number of halogens is 1. The minimum absolute atomic E-state index is 0.387. The lowest BCUT2D eigenvalue weighted by atomic mass is 9.99. The molecule has 1 unspecified atom stereocenters. The Labute approximate surface area is 174 Å². The molecule has 0 saturated carbocycles. The molecule has 29 heavy (non-hydrogen) atoms. The molecule has 1 aliphatic rings. The summed E-state index contributed by atoms with van der Waals surface area (Å²) in [5, 5.41) is 11.6. The highest BCUT2D eigenvalue weighted by atomic mass is 35.5. The Morgan fingerprint density at radius 2 is 1.69 bits per heavy atom. The summed E-state index contributed by atoms with van der Waals surface area (Å²) in [5.74, 6) is 2.85. The van der Waals surface area contributed by atoms with Gasteiger partial charge in [0.25, 0.3) is 0 Å². The third kappa shape index (κ3) is 4.09. The fourth-order valence-electron chi connectivity index (χ4n) is 3.22. The molecular weight excluding hydrogens is 388 g/mol. The van der Waals surface area contributed by atoms with Gasteiger partial charge in [-0.05, 0) is 55.8 Å². The van der Waals surface area contributed by atoms with Crippen LogP contribution in [0, 0.1) is 6.92 Å². The number of allylic oxidation sites excluding steroid dienone is 1. The summed E-state index contributed by atoms with van der Waals surface area (Å²) in [5.41, 5.74) is 2.49. The highest BCUT2D eigenvalue weighted by Gasteiger charge is 2.30. The minimum Gasteiger partial charge on any atom is -0.488 e. The van der Waals surface area contributed by atoms with Crippen molar-refractivity contribution in [2.45, 2.75) is 26.6 Å². The third-order valence-electron chi connectivity index (χ3n) is 4.81. The Morgan fingerprint density at radius 3 is 2.41 bits per heavy atom. The van der Waals surface area contributed by atoms with Crippen molar-refractivity contribution in [3.63, 3.8) is 0 Å². The van der Waals surface area contributed by atoms with E-state index >= 15 is 0 Å². The molecule has 1 atom stereocenters. The zero-order valence-electron chi connectivity index (χ0n) is 16.2. The van der Waals surface area contributed by atoms with Crippen molar-refractivity contribution < 1.29 is 19.3 Å². The van der Waals surface area contributed by atoms with Crippen LogP contribution in [0.25, 0.3) is 0 Å². The van der Waals surface area contributed by atoms with Crippen molar-refractivity contribution in [2.75, 3.05) is 0 Å². The topological polar surface area (TPSA) is 47.9 Å². The molecule has 148 valence electrons. The monoisotopic (exact) mass is 408 g/mol. The number of rotatable bonds is 5. The van der Waals surface area contributed by atoms with E-state index in [1.807, 2.05) is 73.7 Å². The van der Waals surface area contributed by atoms with Crippen LogP contribution >= 0.6 is 11.6 Å². The number of aliphatic hydroxyl groups is 1. The average Bonchev–Trinajstić information content (AvgIpc) is 2.73. The summed E-state index contributed by atoms with van der Waals surface area (Å²) in [7, 11) is 0. The maximum absolute atomic E-state index is 10.9. The van der Waals surface area contributed by atoms with E-state index in [4.69, 9.17) is 25.8 Å². The van der Waals surface area contributed by atoms with Crippen LogP contribution < -0.4 is 14.2 Å². The van der Waals surface area contributed by atoms with Crippen molar-refractivity contribution in [3.8, 4) is 17.2 Å². The minimum atomic E-state index is -0.914. The zero-order chi connectivity index (χ0) is 20.4. The second-order valence-electron chi connectivity index (χ2n) is 6.86. The summed E-state index contributed by atoms with van der Waals surface area (Å²) in [6.07, 6.45) is -0.914. The number of hydrogen-bond acceptors (Lipinski definition) is 4. The van der Waals surface area contributed by atoms with Gasteiger partial charge in [-0.1, -0.05) is 41.9 Å². The van der Waals surface area contributed by atoms with Crippen LogP contribution in [-0.4, -0.2) is 5.11 Å². The number of benzene rings is 3. The molecule has 0 radical (unpaired) electrons. The summed E-state index contributed by atoms with van der Waals surface area (Å²) in [6.45, 7) is 4.11. The van der Waals surface area contributed by atoms with Gasteiger partial charge in [0.15, 0.2) is 5.76 Å². The number of aliphatic hydroxyl groups excluding tert-OH is 1. The van der Waals surface area contributed by atoms with Crippen molar-refractivity contribution in [3.05, 3.63) is 100.0 Å². The summed E-state index contributed by atoms with van der Waals surface area (Å²) in [4.78, 5) is 0. The van der Waals surface area contributed by atoms with E-state index in [9.17, 15) is 5.11 Å². The van der Waals surface area contributed by atoms with Gasteiger partial charge >= 0.3 is 0 Å². The molecule has 0 aliphatic carbocycles. The lowest BCUT2D eigenvalue weighted by Gasteiger charge is -2.28. The average molecular weight is 409 g/mol. The summed E-state index contributed by atoms with van der Waals surface area (Å²) < 4.78 is 17.9. The molecule has 3 aromatic rings. The highest BCUT2D eigenvalue weighted by molar-refractivity contribution is 6.30. The van der Waals surface area contributed by atoms with Crippen molar-refractivity contribution in [1.82, 2.24) is 0 Å². The van der Waals surface area contributed by atoms with Gasteiger partial charge in [-0.3, -0.25) is 0 Å². The number of para-hydroxylation sites is 1. The van der Waals surface area contributed by atoms with Crippen LogP contribution in [0.15, 0.2) is 78.2 Å². The van der Waals surface area contributed by atoms with Gasteiger partial charge in [-0.25, -0.2) is 0 Å². The van der Waals surface area contributed by atoms with E-state index in [0.717, 1.165) is 11.1 Å². The number of fused-ring (bicyclic) bond motifs is 1. The molecule has 1 aliphatic heterocycles. The first-order valence-corrected chi connectivity index (χ1v) is 9.71. The fourth-order valence-corrected chi connectivity index (χ4v) is 3.35. The van der Waals surface area contributed by atoms with Crippen LogP contribution in [0.4, 0.5) is 0 Å². The molecule has 3 aromatic carbocycles. The van der Waals surface area contributed by atoms with E-state index in [1.165, 1.54) is 0 Å². The SMILES string of the molecule is CC1=C(Oc2ccccc2)C(O)c2ccc(OCc3ccc(Cl)cc3)c(C)c2O1. The smallest absolute Gasteiger partial charge is 0.175 e. The lowest BCUT2D eigenvalue weighted by molar-refractivity contribution is 0.136.